The van der Waals surface area contributed by atoms with Crippen LogP contribution in [0.1, 0.15) is 58.0 Å². The van der Waals surface area contributed by atoms with Crippen molar-refractivity contribution in [3.63, 3.8) is 0 Å². The quantitative estimate of drug-likeness (QED) is 0.848. The van der Waals surface area contributed by atoms with E-state index in [1.807, 2.05) is 45.0 Å². The highest BCUT2D eigenvalue weighted by atomic mass is 32.1. The van der Waals surface area contributed by atoms with Gasteiger partial charge >= 0.3 is 5.97 Å². The second kappa shape index (κ2) is 7.37. The van der Waals surface area contributed by atoms with E-state index < -0.39 is 12.0 Å². The lowest BCUT2D eigenvalue weighted by Crippen LogP contribution is -2.30. The Morgan fingerprint density at radius 2 is 2.00 bits per heavy atom. The molecule has 0 fully saturated rings. The Kier molecular flexibility index (Phi) is 5.50. The molecule has 23 heavy (non-hydrogen) atoms. The van der Waals surface area contributed by atoms with Gasteiger partial charge in [0.1, 0.15) is 4.88 Å². The molecule has 0 spiro atoms. The van der Waals surface area contributed by atoms with Gasteiger partial charge in [-0.05, 0) is 18.1 Å². The van der Waals surface area contributed by atoms with Crippen molar-refractivity contribution >= 4 is 23.2 Å². The van der Waals surface area contributed by atoms with Gasteiger partial charge in [-0.1, -0.05) is 38.1 Å². The lowest BCUT2D eigenvalue weighted by molar-refractivity contribution is -0.137. The summed E-state index contributed by atoms with van der Waals surface area (Å²) in [5, 5.41) is 12.8. The van der Waals surface area contributed by atoms with Gasteiger partial charge in [0.2, 0.25) is 0 Å². The van der Waals surface area contributed by atoms with E-state index in [-0.39, 0.29) is 18.2 Å². The highest BCUT2D eigenvalue weighted by Crippen LogP contribution is 2.24. The second-order valence-electron chi connectivity index (χ2n) is 5.70. The van der Waals surface area contributed by atoms with Gasteiger partial charge in [0, 0.05) is 5.92 Å². The summed E-state index contributed by atoms with van der Waals surface area (Å²) in [5.74, 6) is -0.984. The molecule has 0 saturated carbocycles. The number of hydrogen-bond donors (Lipinski definition) is 2. The van der Waals surface area contributed by atoms with E-state index >= 15 is 0 Å². The van der Waals surface area contributed by atoms with Crippen LogP contribution in [0.2, 0.25) is 0 Å². The number of hydrogen-bond acceptors (Lipinski definition) is 4. The topological polar surface area (TPSA) is 79.3 Å². The predicted octanol–water partition coefficient (Wildman–Crippen LogP) is 3.52. The standard InChI is InChI=1S/C17H20N2O3S/c1-10(2)17-18-9-14(23-17)16(22)19-13(8-15(20)21)12-7-5-4-6-11(12)3/h4-7,9-10,13H,8H2,1-3H3,(H,19,22)(H,20,21). The first-order valence-corrected chi connectivity index (χ1v) is 8.24. The van der Waals surface area contributed by atoms with Crippen molar-refractivity contribution in [2.75, 3.05) is 0 Å². The maximum Gasteiger partial charge on any atom is 0.305 e. The van der Waals surface area contributed by atoms with Gasteiger partial charge in [-0.2, -0.15) is 0 Å². The molecule has 1 aromatic heterocycles. The number of aliphatic carboxylic acids is 1. The molecule has 0 aliphatic rings. The van der Waals surface area contributed by atoms with E-state index in [0.717, 1.165) is 16.1 Å². The van der Waals surface area contributed by atoms with Crippen molar-refractivity contribution < 1.29 is 14.7 Å². The van der Waals surface area contributed by atoms with E-state index in [1.54, 1.807) is 6.20 Å². The maximum absolute atomic E-state index is 12.4. The van der Waals surface area contributed by atoms with E-state index in [0.29, 0.717) is 4.88 Å². The molecule has 122 valence electrons. The molecular formula is C17H20N2O3S. The zero-order valence-electron chi connectivity index (χ0n) is 13.4. The molecule has 0 bridgehead atoms. The lowest BCUT2D eigenvalue weighted by Gasteiger charge is -2.19. The highest BCUT2D eigenvalue weighted by molar-refractivity contribution is 7.13. The molecule has 2 aromatic rings. The van der Waals surface area contributed by atoms with Crippen LogP contribution >= 0.6 is 11.3 Å². The molecule has 0 aliphatic heterocycles. The lowest BCUT2D eigenvalue weighted by atomic mass is 9.98. The molecular weight excluding hydrogens is 312 g/mol. The Balaban J connectivity index is 2.21. The molecule has 1 heterocycles. The number of carboxylic acid groups (broad SMARTS) is 1. The Morgan fingerprint density at radius 3 is 2.57 bits per heavy atom. The molecule has 6 heteroatoms. The molecule has 0 saturated heterocycles. The largest absolute Gasteiger partial charge is 0.481 e. The highest BCUT2D eigenvalue weighted by Gasteiger charge is 2.21. The first-order chi connectivity index (χ1) is 10.9. The fourth-order valence-electron chi connectivity index (χ4n) is 2.28. The summed E-state index contributed by atoms with van der Waals surface area (Å²) in [7, 11) is 0. The van der Waals surface area contributed by atoms with E-state index in [2.05, 4.69) is 10.3 Å². The molecule has 1 aromatic carbocycles. The van der Waals surface area contributed by atoms with Gasteiger partial charge in [-0.3, -0.25) is 9.59 Å². The number of aromatic nitrogens is 1. The number of carbonyl (C=O) groups is 2. The summed E-state index contributed by atoms with van der Waals surface area (Å²) in [6.07, 6.45) is 1.39. The number of thiazole rings is 1. The van der Waals surface area contributed by atoms with E-state index in [9.17, 15) is 9.59 Å². The van der Waals surface area contributed by atoms with Crippen LogP contribution in [0.3, 0.4) is 0 Å². The summed E-state index contributed by atoms with van der Waals surface area (Å²) in [6.45, 7) is 5.93. The third-order valence-electron chi connectivity index (χ3n) is 3.49. The average Bonchev–Trinajstić information content (AvgIpc) is 2.96. The molecule has 5 nitrogen and oxygen atoms in total. The van der Waals surface area contributed by atoms with Crippen LogP contribution in [-0.4, -0.2) is 22.0 Å². The monoisotopic (exact) mass is 332 g/mol. The van der Waals surface area contributed by atoms with Crippen molar-refractivity contribution in [2.24, 2.45) is 0 Å². The van der Waals surface area contributed by atoms with Crippen LogP contribution in [0.5, 0.6) is 0 Å². The smallest absolute Gasteiger partial charge is 0.305 e. The van der Waals surface area contributed by atoms with Crippen LogP contribution in [0.15, 0.2) is 30.5 Å². The van der Waals surface area contributed by atoms with Crippen molar-refractivity contribution in [2.45, 2.75) is 39.2 Å². The molecule has 0 radical (unpaired) electrons. The van der Waals surface area contributed by atoms with Gasteiger partial charge in [0.15, 0.2) is 0 Å². The normalized spacial score (nSPS) is 12.2. The predicted molar refractivity (Wildman–Crippen MR) is 89.8 cm³/mol. The Morgan fingerprint density at radius 1 is 1.30 bits per heavy atom. The van der Waals surface area contributed by atoms with Crippen LogP contribution in [-0.2, 0) is 4.79 Å². The average molecular weight is 332 g/mol. The SMILES string of the molecule is Cc1ccccc1C(CC(=O)O)NC(=O)c1cnc(C(C)C)s1. The summed E-state index contributed by atoms with van der Waals surface area (Å²) in [4.78, 5) is 28.3. The first kappa shape index (κ1) is 17.1. The fraction of sp³-hybridized carbons (Fsp3) is 0.353. The van der Waals surface area contributed by atoms with Crippen LogP contribution in [0, 0.1) is 6.92 Å². The summed E-state index contributed by atoms with van der Waals surface area (Å²) < 4.78 is 0. The molecule has 1 amide bonds. The number of benzene rings is 1. The molecule has 1 atom stereocenters. The number of carbonyl (C=O) groups excluding carboxylic acids is 1. The number of rotatable bonds is 6. The third kappa shape index (κ3) is 4.39. The maximum atomic E-state index is 12.4. The summed E-state index contributed by atoms with van der Waals surface area (Å²) in [6, 6.07) is 6.91. The van der Waals surface area contributed by atoms with Gasteiger partial charge in [0.05, 0.1) is 23.7 Å². The van der Waals surface area contributed by atoms with Gasteiger partial charge in [-0.25, -0.2) is 4.98 Å². The van der Waals surface area contributed by atoms with E-state index in [4.69, 9.17) is 5.11 Å². The zero-order valence-corrected chi connectivity index (χ0v) is 14.2. The Labute approximate surface area is 139 Å². The van der Waals surface area contributed by atoms with Crippen LogP contribution in [0.4, 0.5) is 0 Å². The van der Waals surface area contributed by atoms with Gasteiger partial charge < -0.3 is 10.4 Å². The van der Waals surface area contributed by atoms with Crippen molar-refractivity contribution in [3.05, 3.63) is 51.5 Å². The third-order valence-corrected chi connectivity index (χ3v) is 4.79. The Hall–Kier alpha value is -2.21. The molecule has 0 aliphatic carbocycles. The van der Waals surface area contributed by atoms with Crippen LogP contribution in [0.25, 0.3) is 0 Å². The fourth-order valence-corrected chi connectivity index (χ4v) is 3.10. The molecule has 2 N–H and O–H groups in total. The molecule has 2 rings (SSSR count). The molecule has 1 unspecified atom stereocenters. The van der Waals surface area contributed by atoms with Crippen molar-refractivity contribution in [1.29, 1.82) is 0 Å². The van der Waals surface area contributed by atoms with Crippen molar-refractivity contribution in [1.82, 2.24) is 10.3 Å². The summed E-state index contributed by atoms with van der Waals surface area (Å²) >= 11 is 1.34. The summed E-state index contributed by atoms with van der Waals surface area (Å²) in [5.41, 5.74) is 1.77. The number of carboxylic acids is 1. The van der Waals surface area contributed by atoms with Crippen molar-refractivity contribution in [3.8, 4) is 0 Å². The number of nitrogens with zero attached hydrogens (tertiary/aromatic N) is 1. The number of aryl methyl sites for hydroxylation is 1. The van der Waals surface area contributed by atoms with Gasteiger partial charge in [-0.15, -0.1) is 11.3 Å². The minimum absolute atomic E-state index is 0.160. The van der Waals surface area contributed by atoms with Gasteiger partial charge in [0.25, 0.3) is 5.91 Å². The minimum Gasteiger partial charge on any atom is -0.481 e. The number of amides is 1. The second-order valence-corrected chi connectivity index (χ2v) is 6.76. The van der Waals surface area contributed by atoms with E-state index in [1.165, 1.54) is 11.3 Å². The number of nitrogens with one attached hydrogen (secondary N) is 1. The Bertz CT molecular complexity index is 709. The minimum atomic E-state index is -0.953. The van der Waals surface area contributed by atoms with Crippen LogP contribution < -0.4 is 5.32 Å². The first-order valence-electron chi connectivity index (χ1n) is 7.42. The zero-order chi connectivity index (χ0) is 17.0.